The number of carbonyl (C=O) groups is 1. The van der Waals surface area contributed by atoms with Crippen molar-refractivity contribution in [2.24, 2.45) is 13.0 Å². The average Bonchev–Trinajstić information content (AvgIpc) is 3.28. The average molecular weight is 488 g/mol. The van der Waals surface area contributed by atoms with Gasteiger partial charge in [-0.15, -0.1) is 5.10 Å². The Morgan fingerprint density at radius 1 is 1.00 bits per heavy atom. The third-order valence-corrected chi connectivity index (χ3v) is 6.90. The number of aromatic nitrogens is 3. The van der Waals surface area contributed by atoms with Gasteiger partial charge < -0.3 is 14.2 Å². The Balaban J connectivity index is 1.65. The maximum atomic E-state index is 12.7. The number of esters is 1. The Morgan fingerprint density at radius 3 is 2.44 bits per heavy atom. The lowest BCUT2D eigenvalue weighted by Crippen LogP contribution is -2.23. The molecule has 0 saturated heterocycles. The molecule has 4 rings (SSSR count). The Morgan fingerprint density at radius 2 is 1.75 bits per heavy atom. The number of methoxy groups -OCH3 is 2. The first-order chi connectivity index (χ1) is 17.3. The van der Waals surface area contributed by atoms with Crippen LogP contribution < -0.4 is 4.74 Å². The molecule has 1 heterocycles. The molecule has 7 nitrogen and oxygen atoms in total. The van der Waals surface area contributed by atoms with Crippen molar-refractivity contribution in [1.82, 2.24) is 15.0 Å². The van der Waals surface area contributed by atoms with E-state index in [1.807, 2.05) is 51.2 Å². The van der Waals surface area contributed by atoms with Gasteiger partial charge in [-0.1, -0.05) is 48.5 Å². The van der Waals surface area contributed by atoms with Crippen LogP contribution in [0.2, 0.25) is 0 Å². The van der Waals surface area contributed by atoms with Crippen LogP contribution >= 0.6 is 0 Å². The number of hydrogen-bond acceptors (Lipinski definition) is 6. The summed E-state index contributed by atoms with van der Waals surface area (Å²) in [5.41, 5.74) is 8.18. The molecule has 188 valence electrons. The van der Waals surface area contributed by atoms with Crippen molar-refractivity contribution in [1.29, 1.82) is 0 Å². The summed E-state index contributed by atoms with van der Waals surface area (Å²) in [6.45, 7) is 6.99. The van der Waals surface area contributed by atoms with Gasteiger partial charge in [0.25, 0.3) is 0 Å². The van der Waals surface area contributed by atoms with Crippen LogP contribution in [0.15, 0.2) is 54.6 Å². The van der Waals surface area contributed by atoms with Gasteiger partial charge in [0.15, 0.2) is 0 Å². The number of hydrogen-bond donors (Lipinski definition) is 0. The van der Waals surface area contributed by atoms with E-state index in [1.165, 1.54) is 7.11 Å². The zero-order valence-corrected chi connectivity index (χ0v) is 21.7. The molecule has 0 aliphatic carbocycles. The number of rotatable bonds is 9. The molecule has 1 aromatic heterocycles. The lowest BCUT2D eigenvalue weighted by molar-refractivity contribution is -0.145. The fourth-order valence-corrected chi connectivity index (χ4v) is 4.69. The van der Waals surface area contributed by atoms with E-state index in [-0.39, 0.29) is 11.9 Å². The summed E-state index contributed by atoms with van der Waals surface area (Å²) in [5, 5.41) is 8.53. The molecule has 0 fully saturated rings. The maximum Gasteiger partial charge on any atom is 0.309 e. The van der Waals surface area contributed by atoms with E-state index in [2.05, 4.69) is 41.5 Å². The summed E-state index contributed by atoms with van der Waals surface area (Å²) >= 11 is 0. The molecular weight excluding hydrogens is 454 g/mol. The summed E-state index contributed by atoms with van der Waals surface area (Å²) in [4.78, 5) is 12.7. The summed E-state index contributed by atoms with van der Waals surface area (Å²) in [6, 6.07) is 18.3. The number of nitrogens with zero attached hydrogens (tertiary/aromatic N) is 3. The standard InChI is InChI=1S/C29H33N3O4/c1-18-7-10-22(15-23(18)17-36-16-21-8-11-24(34-5)12-9-21)27(20(3)29(33)35-6)25-13-14-26-28(19(25)2)30-31-32(26)4/h7-15,20,27H,16-17H2,1-6H3/t20-,27+/m0/s1. The molecule has 0 N–H and O–H groups in total. The first-order valence-electron chi connectivity index (χ1n) is 12.0. The van der Waals surface area contributed by atoms with Gasteiger partial charge in [0.2, 0.25) is 0 Å². The van der Waals surface area contributed by atoms with Gasteiger partial charge in [0.05, 0.1) is 38.9 Å². The van der Waals surface area contributed by atoms with Crippen molar-refractivity contribution in [2.45, 2.75) is 39.9 Å². The normalized spacial score (nSPS) is 12.9. The summed E-state index contributed by atoms with van der Waals surface area (Å²) in [5.74, 6) is -0.0251. The molecule has 0 unspecified atom stereocenters. The molecule has 0 spiro atoms. The summed E-state index contributed by atoms with van der Waals surface area (Å²) in [6.07, 6.45) is 0. The van der Waals surface area contributed by atoms with Crippen LogP contribution in [0.1, 0.15) is 46.2 Å². The SMILES string of the molecule is COC(=O)[C@@H](C)[C@H](c1ccc(C)c(COCc2ccc(OC)cc2)c1)c1ccc2c(nnn2C)c1C. The van der Waals surface area contributed by atoms with Crippen LogP contribution in [0, 0.1) is 19.8 Å². The van der Waals surface area contributed by atoms with E-state index in [0.29, 0.717) is 13.2 Å². The van der Waals surface area contributed by atoms with E-state index < -0.39 is 5.92 Å². The predicted molar refractivity (Wildman–Crippen MR) is 139 cm³/mol. The fourth-order valence-electron chi connectivity index (χ4n) is 4.69. The second-order valence-electron chi connectivity index (χ2n) is 9.18. The van der Waals surface area contributed by atoms with Crippen LogP contribution in [0.25, 0.3) is 11.0 Å². The molecule has 7 heteroatoms. The highest BCUT2D eigenvalue weighted by molar-refractivity contribution is 5.81. The molecule has 0 bridgehead atoms. The summed E-state index contributed by atoms with van der Waals surface area (Å²) in [7, 11) is 4.96. The van der Waals surface area contributed by atoms with Crippen LogP contribution in [-0.2, 0) is 34.5 Å². The lowest BCUT2D eigenvalue weighted by atomic mass is 9.79. The number of ether oxygens (including phenoxy) is 3. The van der Waals surface area contributed by atoms with E-state index >= 15 is 0 Å². The lowest BCUT2D eigenvalue weighted by Gasteiger charge is -2.26. The fraction of sp³-hybridized carbons (Fsp3) is 0.345. The van der Waals surface area contributed by atoms with Gasteiger partial charge in [-0.2, -0.15) is 0 Å². The van der Waals surface area contributed by atoms with Crippen molar-refractivity contribution in [2.75, 3.05) is 14.2 Å². The minimum atomic E-state index is -0.390. The Bertz CT molecular complexity index is 1360. The number of carbonyl (C=O) groups excluding carboxylic acids is 1. The molecule has 36 heavy (non-hydrogen) atoms. The highest BCUT2D eigenvalue weighted by atomic mass is 16.5. The van der Waals surface area contributed by atoms with E-state index in [9.17, 15) is 4.79 Å². The zero-order chi connectivity index (χ0) is 25.8. The second kappa shape index (κ2) is 10.9. The molecule has 0 radical (unpaired) electrons. The maximum absolute atomic E-state index is 12.7. The first kappa shape index (κ1) is 25.4. The molecule has 3 aromatic carbocycles. The van der Waals surface area contributed by atoms with Crippen LogP contribution in [0.5, 0.6) is 5.75 Å². The van der Waals surface area contributed by atoms with Crippen molar-refractivity contribution in [3.63, 3.8) is 0 Å². The number of fused-ring (bicyclic) bond motifs is 1. The zero-order valence-electron chi connectivity index (χ0n) is 21.7. The molecule has 4 aromatic rings. The van der Waals surface area contributed by atoms with Crippen LogP contribution in [0.3, 0.4) is 0 Å². The first-order valence-corrected chi connectivity index (χ1v) is 12.0. The summed E-state index contributed by atoms with van der Waals surface area (Å²) < 4.78 is 18.2. The van der Waals surface area contributed by atoms with E-state index in [4.69, 9.17) is 14.2 Å². The third-order valence-electron chi connectivity index (χ3n) is 6.90. The molecule has 0 aliphatic rings. The minimum absolute atomic E-state index is 0.204. The molecule has 2 atom stereocenters. The molecule has 0 saturated carbocycles. The van der Waals surface area contributed by atoms with Crippen LogP contribution in [-0.4, -0.2) is 35.2 Å². The molecule has 0 amide bonds. The quantitative estimate of drug-likeness (QED) is 0.300. The van der Waals surface area contributed by atoms with Gasteiger partial charge in [-0.25, -0.2) is 4.68 Å². The Kier molecular flexibility index (Phi) is 7.70. The van der Waals surface area contributed by atoms with E-state index in [0.717, 1.165) is 50.2 Å². The van der Waals surface area contributed by atoms with E-state index in [1.54, 1.807) is 11.8 Å². The topological polar surface area (TPSA) is 75.5 Å². The highest BCUT2D eigenvalue weighted by Crippen LogP contribution is 2.37. The third kappa shape index (κ3) is 5.11. The largest absolute Gasteiger partial charge is 0.497 e. The monoisotopic (exact) mass is 487 g/mol. The molecule has 0 aliphatic heterocycles. The number of aryl methyl sites for hydroxylation is 3. The Hall–Kier alpha value is -3.71. The smallest absolute Gasteiger partial charge is 0.309 e. The highest BCUT2D eigenvalue weighted by Gasteiger charge is 2.30. The van der Waals surface area contributed by atoms with Gasteiger partial charge in [0.1, 0.15) is 11.3 Å². The van der Waals surface area contributed by atoms with Crippen LogP contribution in [0.4, 0.5) is 0 Å². The predicted octanol–water partition coefficient (Wildman–Crippen LogP) is 5.25. The van der Waals surface area contributed by atoms with Crippen molar-refractivity contribution < 1.29 is 19.0 Å². The van der Waals surface area contributed by atoms with Gasteiger partial charge in [-0.05, 0) is 65.4 Å². The van der Waals surface area contributed by atoms with Crippen molar-refractivity contribution in [3.05, 3.63) is 88.0 Å². The molecular formula is C29H33N3O4. The Labute approximate surface area is 212 Å². The van der Waals surface area contributed by atoms with Gasteiger partial charge in [-0.3, -0.25) is 4.79 Å². The number of benzene rings is 3. The van der Waals surface area contributed by atoms with Gasteiger partial charge >= 0.3 is 5.97 Å². The van der Waals surface area contributed by atoms with Crippen molar-refractivity contribution >= 4 is 17.0 Å². The second-order valence-corrected chi connectivity index (χ2v) is 9.18. The minimum Gasteiger partial charge on any atom is -0.497 e. The van der Waals surface area contributed by atoms with Gasteiger partial charge in [0, 0.05) is 13.0 Å². The van der Waals surface area contributed by atoms with Crippen molar-refractivity contribution in [3.8, 4) is 5.75 Å².